The van der Waals surface area contributed by atoms with E-state index in [4.69, 9.17) is 0 Å². The number of aryl methyl sites for hydroxylation is 2. The van der Waals surface area contributed by atoms with Crippen molar-refractivity contribution in [1.29, 1.82) is 0 Å². The maximum Gasteiger partial charge on any atom is 0.313 e. The molecule has 2 aromatic carbocycles. The van der Waals surface area contributed by atoms with Crippen LogP contribution in [0.15, 0.2) is 36.4 Å². The van der Waals surface area contributed by atoms with Crippen molar-refractivity contribution in [2.24, 2.45) is 0 Å². The van der Waals surface area contributed by atoms with Crippen LogP contribution in [0.5, 0.6) is 0 Å². The first-order valence-corrected chi connectivity index (χ1v) is 9.03. The fraction of sp³-hybridized carbons (Fsp3) is 0.333. The first-order chi connectivity index (χ1) is 12.8. The van der Waals surface area contributed by atoms with Crippen LogP contribution in [0.2, 0.25) is 0 Å². The Morgan fingerprint density at radius 2 is 1.93 bits per heavy atom. The van der Waals surface area contributed by atoms with Gasteiger partial charge in [0.1, 0.15) is 0 Å². The molecule has 2 aromatic rings. The molecule has 1 aliphatic heterocycles. The van der Waals surface area contributed by atoms with Crippen molar-refractivity contribution in [2.45, 2.75) is 26.4 Å². The Bertz CT molecular complexity index is 879. The minimum absolute atomic E-state index is 0.0201. The van der Waals surface area contributed by atoms with Crippen LogP contribution >= 0.6 is 0 Å². The van der Waals surface area contributed by atoms with Gasteiger partial charge < -0.3 is 20.6 Å². The summed E-state index contributed by atoms with van der Waals surface area (Å²) in [6.07, 6.45) is 0.0796. The van der Waals surface area contributed by atoms with E-state index in [0.717, 1.165) is 29.7 Å². The zero-order valence-corrected chi connectivity index (χ0v) is 15.9. The third kappa shape index (κ3) is 4.28. The summed E-state index contributed by atoms with van der Waals surface area (Å²) in [5.41, 5.74) is 5.66. The molecule has 0 saturated carbocycles. The van der Waals surface area contributed by atoms with E-state index in [0.29, 0.717) is 5.69 Å². The highest BCUT2D eigenvalue weighted by Gasteiger charge is 2.20. The number of amides is 2. The van der Waals surface area contributed by atoms with Crippen molar-refractivity contribution in [3.63, 3.8) is 0 Å². The zero-order chi connectivity index (χ0) is 19.6. The van der Waals surface area contributed by atoms with E-state index in [1.807, 2.05) is 51.2 Å². The number of nitrogens with one attached hydrogen (secondary N) is 2. The van der Waals surface area contributed by atoms with E-state index in [9.17, 15) is 14.7 Å². The summed E-state index contributed by atoms with van der Waals surface area (Å²) in [5, 5.41) is 15.5. The van der Waals surface area contributed by atoms with Crippen LogP contribution in [0, 0.1) is 13.8 Å². The van der Waals surface area contributed by atoms with Gasteiger partial charge in [-0.2, -0.15) is 0 Å². The number of aliphatic hydroxyl groups excluding tert-OH is 1. The molecule has 0 aromatic heterocycles. The molecule has 3 rings (SSSR count). The molecule has 142 valence electrons. The first kappa shape index (κ1) is 18.9. The lowest BCUT2D eigenvalue weighted by Gasteiger charge is -2.15. The third-order valence-corrected chi connectivity index (χ3v) is 4.91. The van der Waals surface area contributed by atoms with Gasteiger partial charge in [0.2, 0.25) is 0 Å². The van der Waals surface area contributed by atoms with Gasteiger partial charge in [-0.3, -0.25) is 9.59 Å². The largest absolute Gasteiger partial charge is 0.387 e. The van der Waals surface area contributed by atoms with Crippen molar-refractivity contribution in [2.75, 3.05) is 30.4 Å². The predicted octanol–water partition coefficient (Wildman–Crippen LogP) is 2.08. The Labute approximate surface area is 159 Å². The number of benzene rings is 2. The molecule has 0 bridgehead atoms. The SMILES string of the molecule is Cc1ccc(NC(=O)C(=O)NCC(O)c2ccc3c(c2)CCN3C)c(C)c1. The molecule has 27 heavy (non-hydrogen) atoms. The summed E-state index contributed by atoms with van der Waals surface area (Å²) in [7, 11) is 2.04. The van der Waals surface area contributed by atoms with Gasteiger partial charge in [0.25, 0.3) is 0 Å². The fourth-order valence-electron chi connectivity index (χ4n) is 3.31. The monoisotopic (exact) mass is 367 g/mol. The summed E-state index contributed by atoms with van der Waals surface area (Å²) < 4.78 is 0. The topological polar surface area (TPSA) is 81.7 Å². The number of aliphatic hydroxyl groups is 1. The van der Waals surface area contributed by atoms with Crippen molar-refractivity contribution in [1.82, 2.24) is 5.32 Å². The predicted molar refractivity (Wildman–Crippen MR) is 106 cm³/mol. The standard InChI is InChI=1S/C21H25N3O3/c1-13-4-6-17(14(2)10-13)23-21(27)20(26)22-12-19(25)16-5-7-18-15(11-16)8-9-24(18)3/h4-7,10-11,19,25H,8-9,12H2,1-3H3,(H,22,26)(H,23,27). The Balaban J connectivity index is 1.56. The smallest absolute Gasteiger partial charge is 0.313 e. The quantitative estimate of drug-likeness (QED) is 0.723. The van der Waals surface area contributed by atoms with Gasteiger partial charge in [-0.25, -0.2) is 0 Å². The molecule has 1 heterocycles. The van der Waals surface area contributed by atoms with Gasteiger partial charge in [-0.05, 0) is 49.1 Å². The highest BCUT2D eigenvalue weighted by atomic mass is 16.3. The molecule has 0 radical (unpaired) electrons. The molecule has 3 N–H and O–H groups in total. The highest BCUT2D eigenvalue weighted by molar-refractivity contribution is 6.39. The molecular weight excluding hydrogens is 342 g/mol. The zero-order valence-electron chi connectivity index (χ0n) is 15.9. The summed E-state index contributed by atoms with van der Waals surface area (Å²) in [4.78, 5) is 26.3. The maximum absolute atomic E-state index is 12.1. The Morgan fingerprint density at radius 1 is 1.15 bits per heavy atom. The van der Waals surface area contributed by atoms with Gasteiger partial charge in [0.15, 0.2) is 0 Å². The van der Waals surface area contributed by atoms with Gasteiger partial charge in [0.05, 0.1) is 6.10 Å². The molecule has 0 aliphatic carbocycles. The van der Waals surface area contributed by atoms with Crippen LogP contribution in [0.1, 0.15) is 28.4 Å². The minimum atomic E-state index is -0.862. The van der Waals surface area contributed by atoms with Crippen LogP contribution < -0.4 is 15.5 Å². The number of rotatable bonds is 4. The van der Waals surface area contributed by atoms with Crippen molar-refractivity contribution in [3.05, 3.63) is 58.7 Å². The van der Waals surface area contributed by atoms with E-state index in [2.05, 4.69) is 15.5 Å². The van der Waals surface area contributed by atoms with Crippen LogP contribution in [0.25, 0.3) is 0 Å². The average Bonchev–Trinajstić information content (AvgIpc) is 3.02. The Morgan fingerprint density at radius 3 is 2.67 bits per heavy atom. The van der Waals surface area contributed by atoms with Crippen molar-refractivity contribution in [3.8, 4) is 0 Å². The minimum Gasteiger partial charge on any atom is -0.387 e. The summed E-state index contributed by atoms with van der Waals surface area (Å²) in [6, 6.07) is 11.4. The van der Waals surface area contributed by atoms with E-state index >= 15 is 0 Å². The van der Waals surface area contributed by atoms with Gasteiger partial charge in [-0.1, -0.05) is 29.8 Å². The lowest BCUT2D eigenvalue weighted by atomic mass is 10.0. The van der Waals surface area contributed by atoms with Crippen LogP contribution in [-0.4, -0.2) is 37.1 Å². The Kier molecular flexibility index (Phi) is 5.46. The number of hydrogen-bond donors (Lipinski definition) is 3. The van der Waals surface area contributed by atoms with E-state index in [1.54, 1.807) is 6.07 Å². The van der Waals surface area contributed by atoms with Crippen molar-refractivity contribution < 1.29 is 14.7 Å². The first-order valence-electron chi connectivity index (χ1n) is 9.03. The number of fused-ring (bicyclic) bond motifs is 1. The van der Waals surface area contributed by atoms with Gasteiger partial charge in [0, 0.05) is 31.5 Å². The molecule has 2 amide bonds. The summed E-state index contributed by atoms with van der Waals surface area (Å²) >= 11 is 0. The van der Waals surface area contributed by atoms with Crippen molar-refractivity contribution >= 4 is 23.2 Å². The van der Waals surface area contributed by atoms with Crippen LogP contribution in [0.3, 0.4) is 0 Å². The second-order valence-electron chi connectivity index (χ2n) is 7.06. The Hall–Kier alpha value is -2.86. The number of hydrogen-bond acceptors (Lipinski definition) is 4. The summed E-state index contributed by atoms with van der Waals surface area (Å²) in [6.45, 7) is 4.78. The molecule has 1 unspecified atom stereocenters. The number of likely N-dealkylation sites (N-methyl/N-ethyl adjacent to an activating group) is 1. The molecule has 1 aliphatic rings. The van der Waals surface area contributed by atoms with Gasteiger partial charge in [-0.15, -0.1) is 0 Å². The second-order valence-corrected chi connectivity index (χ2v) is 7.06. The molecule has 6 nitrogen and oxygen atoms in total. The lowest BCUT2D eigenvalue weighted by molar-refractivity contribution is -0.136. The second kappa shape index (κ2) is 7.80. The lowest BCUT2D eigenvalue weighted by Crippen LogP contribution is -2.37. The van der Waals surface area contributed by atoms with Gasteiger partial charge >= 0.3 is 11.8 Å². The molecule has 0 spiro atoms. The highest BCUT2D eigenvalue weighted by Crippen LogP contribution is 2.29. The number of nitrogens with zero attached hydrogens (tertiary/aromatic N) is 1. The maximum atomic E-state index is 12.1. The number of carbonyl (C=O) groups is 2. The van der Waals surface area contributed by atoms with E-state index < -0.39 is 17.9 Å². The summed E-state index contributed by atoms with van der Waals surface area (Å²) in [5.74, 6) is -1.51. The molecule has 0 saturated heterocycles. The van der Waals surface area contributed by atoms with Crippen LogP contribution in [-0.2, 0) is 16.0 Å². The number of carbonyl (C=O) groups excluding carboxylic acids is 2. The molecule has 0 fully saturated rings. The fourth-order valence-corrected chi connectivity index (χ4v) is 3.31. The molecule has 6 heteroatoms. The third-order valence-electron chi connectivity index (χ3n) is 4.91. The normalized spacial score (nSPS) is 13.9. The number of anilines is 2. The molecule has 1 atom stereocenters. The average molecular weight is 367 g/mol. The van der Waals surface area contributed by atoms with Crippen LogP contribution in [0.4, 0.5) is 11.4 Å². The van der Waals surface area contributed by atoms with E-state index in [-0.39, 0.29) is 6.54 Å². The van der Waals surface area contributed by atoms with E-state index in [1.165, 1.54) is 11.3 Å². The molecular formula is C21H25N3O3.